The van der Waals surface area contributed by atoms with Gasteiger partial charge in [0, 0.05) is 25.7 Å². The fourth-order valence-corrected chi connectivity index (χ4v) is 3.21. The van der Waals surface area contributed by atoms with E-state index in [4.69, 9.17) is 11.6 Å². The van der Waals surface area contributed by atoms with Gasteiger partial charge in [-0.1, -0.05) is 0 Å². The fourth-order valence-electron chi connectivity index (χ4n) is 1.92. The Morgan fingerprint density at radius 1 is 1.47 bits per heavy atom. The maximum atomic E-state index is 11.8. The van der Waals surface area contributed by atoms with E-state index in [1.54, 1.807) is 18.7 Å². The van der Waals surface area contributed by atoms with Gasteiger partial charge in [0.25, 0.3) is 0 Å². The molecule has 5 nitrogen and oxygen atoms in total. The molecular formula is C10H19ClN2O3S. The normalized spacial score (nSPS) is 24.7. The Labute approximate surface area is 108 Å². The molecule has 0 aliphatic carbocycles. The molecule has 1 aliphatic heterocycles. The third-order valence-electron chi connectivity index (χ3n) is 2.97. The zero-order valence-electron chi connectivity index (χ0n) is 10.4. The zero-order valence-corrected chi connectivity index (χ0v) is 12.0. The van der Waals surface area contributed by atoms with E-state index in [0.717, 1.165) is 0 Å². The van der Waals surface area contributed by atoms with Gasteiger partial charge < -0.3 is 4.90 Å². The largest absolute Gasteiger partial charge is 0.336 e. The third kappa shape index (κ3) is 3.33. The van der Waals surface area contributed by atoms with Gasteiger partial charge in [0.1, 0.15) is 5.38 Å². The number of carbonyl (C=O) groups excluding carboxylic acids is 1. The summed E-state index contributed by atoms with van der Waals surface area (Å²) < 4.78 is 24.9. The molecule has 2 atom stereocenters. The van der Waals surface area contributed by atoms with Crippen molar-refractivity contribution in [2.45, 2.75) is 32.2 Å². The number of rotatable bonds is 3. The highest BCUT2D eigenvalue weighted by molar-refractivity contribution is 7.89. The van der Waals surface area contributed by atoms with E-state index in [9.17, 15) is 13.2 Å². The molecule has 7 heteroatoms. The van der Waals surface area contributed by atoms with Gasteiger partial charge in [-0.15, -0.1) is 11.6 Å². The van der Waals surface area contributed by atoms with E-state index in [1.165, 1.54) is 4.31 Å². The van der Waals surface area contributed by atoms with Crippen LogP contribution in [0.3, 0.4) is 0 Å². The van der Waals surface area contributed by atoms with Crippen molar-refractivity contribution in [2.75, 3.05) is 25.4 Å². The van der Waals surface area contributed by atoms with Crippen LogP contribution in [0.25, 0.3) is 0 Å². The average Bonchev–Trinajstić information content (AvgIpc) is 2.27. The summed E-state index contributed by atoms with van der Waals surface area (Å²) in [6.45, 7) is 6.22. The smallest absolute Gasteiger partial charge is 0.240 e. The van der Waals surface area contributed by atoms with Crippen molar-refractivity contribution in [2.24, 2.45) is 0 Å². The summed E-state index contributed by atoms with van der Waals surface area (Å²) in [5.41, 5.74) is 0. The van der Waals surface area contributed by atoms with Gasteiger partial charge in [0.05, 0.1) is 5.75 Å². The summed E-state index contributed by atoms with van der Waals surface area (Å²) in [5.74, 6) is -0.0349. The summed E-state index contributed by atoms with van der Waals surface area (Å²) in [6.07, 6.45) is 0. The molecule has 0 bridgehead atoms. The first-order chi connectivity index (χ1) is 7.79. The molecule has 0 spiro atoms. The maximum Gasteiger partial charge on any atom is 0.240 e. The molecule has 1 aliphatic rings. The number of hydrogen-bond donors (Lipinski definition) is 0. The van der Waals surface area contributed by atoms with Crippen molar-refractivity contribution in [1.82, 2.24) is 9.21 Å². The van der Waals surface area contributed by atoms with E-state index >= 15 is 0 Å². The minimum Gasteiger partial charge on any atom is -0.336 e. The second kappa shape index (κ2) is 5.54. The lowest BCUT2D eigenvalue weighted by Gasteiger charge is -2.39. The summed E-state index contributed by atoms with van der Waals surface area (Å²) in [7, 11) is -3.16. The van der Waals surface area contributed by atoms with Crippen LogP contribution >= 0.6 is 11.6 Å². The highest BCUT2D eigenvalue weighted by Gasteiger charge is 2.33. The van der Waals surface area contributed by atoms with Crippen LogP contribution in [0.5, 0.6) is 0 Å². The molecular weight excluding hydrogens is 264 g/mol. The molecule has 0 aromatic rings. The Balaban J connectivity index is 2.71. The summed E-state index contributed by atoms with van der Waals surface area (Å²) in [6, 6.07) is -0.126. The molecule has 1 heterocycles. The lowest BCUT2D eigenvalue weighted by Crippen LogP contribution is -2.56. The predicted octanol–water partition coefficient (Wildman–Crippen LogP) is 0.496. The second-order valence-electron chi connectivity index (χ2n) is 4.26. The molecule has 17 heavy (non-hydrogen) atoms. The number of amides is 1. The Kier molecular flexibility index (Phi) is 4.80. The zero-order chi connectivity index (χ0) is 13.2. The number of alkyl halides is 1. The van der Waals surface area contributed by atoms with E-state index in [-0.39, 0.29) is 17.7 Å². The molecule has 1 rings (SSSR count). The van der Waals surface area contributed by atoms with E-state index < -0.39 is 15.4 Å². The Morgan fingerprint density at radius 2 is 2.06 bits per heavy atom. The molecule has 0 aromatic heterocycles. The SMILES string of the molecule is CCS(=O)(=O)N1CCN(C(=O)C(C)Cl)[C@H](C)C1. The molecule has 0 radical (unpaired) electrons. The lowest BCUT2D eigenvalue weighted by molar-refractivity contribution is -0.134. The van der Waals surface area contributed by atoms with E-state index in [2.05, 4.69) is 0 Å². The highest BCUT2D eigenvalue weighted by Crippen LogP contribution is 2.15. The highest BCUT2D eigenvalue weighted by atomic mass is 35.5. The second-order valence-corrected chi connectivity index (χ2v) is 7.17. The number of sulfonamides is 1. The van der Waals surface area contributed by atoms with Crippen LogP contribution in [0.4, 0.5) is 0 Å². The molecule has 0 saturated carbocycles. The Hall–Kier alpha value is -0.330. The lowest BCUT2D eigenvalue weighted by atomic mass is 10.2. The first-order valence-corrected chi connectivity index (χ1v) is 7.76. The average molecular weight is 283 g/mol. The van der Waals surface area contributed by atoms with E-state index in [0.29, 0.717) is 19.6 Å². The van der Waals surface area contributed by atoms with Crippen LogP contribution in [-0.2, 0) is 14.8 Å². The van der Waals surface area contributed by atoms with Crippen LogP contribution in [0.2, 0.25) is 0 Å². The standard InChI is InChI=1S/C10H19ClN2O3S/c1-4-17(15,16)12-5-6-13(8(2)7-12)10(14)9(3)11/h8-9H,4-7H2,1-3H3/t8-,9?/m1/s1. The van der Waals surface area contributed by atoms with Crippen LogP contribution in [0.15, 0.2) is 0 Å². The van der Waals surface area contributed by atoms with Gasteiger partial charge in [0.15, 0.2) is 0 Å². The van der Waals surface area contributed by atoms with Gasteiger partial charge >= 0.3 is 0 Å². The van der Waals surface area contributed by atoms with Crippen molar-refractivity contribution in [3.63, 3.8) is 0 Å². The molecule has 1 amide bonds. The molecule has 100 valence electrons. The van der Waals surface area contributed by atoms with Crippen molar-refractivity contribution in [3.8, 4) is 0 Å². The number of piperazine rings is 1. The number of carbonyl (C=O) groups is 1. The number of hydrogen-bond acceptors (Lipinski definition) is 3. The van der Waals surface area contributed by atoms with Crippen molar-refractivity contribution >= 4 is 27.5 Å². The minimum atomic E-state index is -3.16. The summed E-state index contributed by atoms with van der Waals surface area (Å²) in [4.78, 5) is 13.4. The van der Waals surface area contributed by atoms with Gasteiger partial charge in [-0.25, -0.2) is 8.42 Å². The Morgan fingerprint density at radius 3 is 2.47 bits per heavy atom. The van der Waals surface area contributed by atoms with Crippen LogP contribution in [-0.4, -0.2) is 60.3 Å². The third-order valence-corrected chi connectivity index (χ3v) is 5.01. The Bertz CT molecular complexity index is 383. The minimum absolute atomic E-state index is 0.0968. The summed E-state index contributed by atoms with van der Waals surface area (Å²) >= 11 is 5.76. The van der Waals surface area contributed by atoms with Crippen molar-refractivity contribution in [3.05, 3.63) is 0 Å². The molecule has 1 fully saturated rings. The van der Waals surface area contributed by atoms with Gasteiger partial charge in [-0.05, 0) is 20.8 Å². The van der Waals surface area contributed by atoms with Gasteiger partial charge in [0.2, 0.25) is 15.9 Å². The first kappa shape index (κ1) is 14.7. The van der Waals surface area contributed by atoms with Crippen molar-refractivity contribution < 1.29 is 13.2 Å². The van der Waals surface area contributed by atoms with Crippen LogP contribution < -0.4 is 0 Å². The van der Waals surface area contributed by atoms with Crippen LogP contribution in [0, 0.1) is 0 Å². The topological polar surface area (TPSA) is 57.7 Å². The molecule has 0 N–H and O–H groups in total. The van der Waals surface area contributed by atoms with Gasteiger partial charge in [-0.3, -0.25) is 4.79 Å². The molecule has 0 aromatic carbocycles. The molecule has 1 unspecified atom stereocenters. The summed E-state index contributed by atoms with van der Waals surface area (Å²) in [5, 5.41) is -0.563. The van der Waals surface area contributed by atoms with Crippen LogP contribution in [0.1, 0.15) is 20.8 Å². The quantitative estimate of drug-likeness (QED) is 0.708. The predicted molar refractivity (Wildman–Crippen MR) is 67.5 cm³/mol. The molecule has 1 saturated heterocycles. The van der Waals surface area contributed by atoms with E-state index in [1.807, 2.05) is 6.92 Å². The van der Waals surface area contributed by atoms with Crippen molar-refractivity contribution in [1.29, 1.82) is 0 Å². The number of halogens is 1. The fraction of sp³-hybridized carbons (Fsp3) is 0.900. The van der Waals surface area contributed by atoms with Gasteiger partial charge in [-0.2, -0.15) is 4.31 Å². The number of nitrogens with zero attached hydrogens (tertiary/aromatic N) is 2. The maximum absolute atomic E-state index is 11.8. The monoisotopic (exact) mass is 282 g/mol. The first-order valence-electron chi connectivity index (χ1n) is 5.72.